The quantitative estimate of drug-likeness (QED) is 0.751. The molecule has 3 nitrogen and oxygen atoms in total. The van der Waals surface area contributed by atoms with Crippen LogP contribution in [0.25, 0.3) is 5.57 Å². The average molecular weight is 232 g/mol. The number of methoxy groups -OCH3 is 1. The summed E-state index contributed by atoms with van der Waals surface area (Å²) in [6.45, 7) is 4.08. The lowest BCUT2D eigenvalue weighted by Gasteiger charge is -2.18. The molecule has 3 heteroatoms. The van der Waals surface area contributed by atoms with E-state index >= 15 is 0 Å². The first-order valence-corrected chi connectivity index (χ1v) is 5.68. The molecule has 0 N–H and O–H groups in total. The molecule has 2 rings (SSSR count). The van der Waals surface area contributed by atoms with Crippen LogP contribution < -0.4 is 4.74 Å². The third-order valence-electron chi connectivity index (χ3n) is 2.85. The SMILES string of the molecule is COc1ccc(C2=CC(=O)OC2C(C)C)cc1. The van der Waals surface area contributed by atoms with E-state index in [1.807, 2.05) is 38.1 Å². The lowest BCUT2D eigenvalue weighted by atomic mass is 9.94. The van der Waals surface area contributed by atoms with E-state index in [0.29, 0.717) is 0 Å². The topological polar surface area (TPSA) is 35.5 Å². The van der Waals surface area contributed by atoms with Crippen LogP contribution in [0.5, 0.6) is 5.75 Å². The summed E-state index contributed by atoms with van der Waals surface area (Å²) in [6, 6.07) is 7.66. The molecule has 0 fully saturated rings. The minimum atomic E-state index is -0.255. The van der Waals surface area contributed by atoms with Crippen molar-refractivity contribution in [2.75, 3.05) is 7.11 Å². The summed E-state index contributed by atoms with van der Waals surface area (Å²) in [5.74, 6) is 0.824. The molecule has 0 amide bonds. The first-order valence-electron chi connectivity index (χ1n) is 5.68. The van der Waals surface area contributed by atoms with E-state index in [4.69, 9.17) is 9.47 Å². The normalized spacial score (nSPS) is 19.2. The second-order valence-electron chi connectivity index (χ2n) is 4.43. The highest BCUT2D eigenvalue weighted by Gasteiger charge is 2.29. The Hall–Kier alpha value is -1.77. The minimum Gasteiger partial charge on any atom is -0.497 e. The zero-order valence-corrected chi connectivity index (χ0v) is 10.3. The summed E-state index contributed by atoms with van der Waals surface area (Å²) in [6.07, 6.45) is 1.43. The van der Waals surface area contributed by atoms with Crippen molar-refractivity contribution < 1.29 is 14.3 Å². The highest BCUT2D eigenvalue weighted by Crippen LogP contribution is 2.31. The van der Waals surface area contributed by atoms with Crippen LogP contribution in [0.15, 0.2) is 30.3 Å². The highest BCUT2D eigenvalue weighted by atomic mass is 16.5. The van der Waals surface area contributed by atoms with Crippen LogP contribution in [0.3, 0.4) is 0 Å². The van der Waals surface area contributed by atoms with E-state index in [1.165, 1.54) is 0 Å². The summed E-state index contributed by atoms with van der Waals surface area (Å²) in [5, 5.41) is 0. The second kappa shape index (κ2) is 4.62. The molecule has 1 atom stereocenters. The Labute approximate surface area is 101 Å². The Morgan fingerprint density at radius 2 is 1.88 bits per heavy atom. The smallest absolute Gasteiger partial charge is 0.331 e. The minimum absolute atomic E-state index is 0.143. The van der Waals surface area contributed by atoms with E-state index in [1.54, 1.807) is 13.2 Å². The molecule has 0 radical (unpaired) electrons. The van der Waals surface area contributed by atoms with Crippen molar-refractivity contribution in [3.05, 3.63) is 35.9 Å². The third-order valence-corrected chi connectivity index (χ3v) is 2.85. The summed E-state index contributed by atoms with van der Waals surface area (Å²) in [5.41, 5.74) is 1.96. The van der Waals surface area contributed by atoms with E-state index in [-0.39, 0.29) is 18.0 Å². The van der Waals surface area contributed by atoms with Gasteiger partial charge in [-0.2, -0.15) is 0 Å². The zero-order valence-electron chi connectivity index (χ0n) is 10.3. The van der Waals surface area contributed by atoms with E-state index in [0.717, 1.165) is 16.9 Å². The fourth-order valence-electron chi connectivity index (χ4n) is 1.96. The molecule has 0 saturated carbocycles. The molecule has 90 valence electrons. The Morgan fingerprint density at radius 3 is 2.41 bits per heavy atom. The number of rotatable bonds is 3. The predicted octanol–water partition coefficient (Wildman–Crippen LogP) is 2.66. The van der Waals surface area contributed by atoms with Gasteiger partial charge in [0.1, 0.15) is 11.9 Å². The van der Waals surface area contributed by atoms with Crippen LogP contribution in [0, 0.1) is 5.92 Å². The maximum Gasteiger partial charge on any atom is 0.331 e. The zero-order chi connectivity index (χ0) is 12.4. The lowest BCUT2D eigenvalue weighted by Crippen LogP contribution is -2.18. The van der Waals surface area contributed by atoms with E-state index < -0.39 is 0 Å². The maximum absolute atomic E-state index is 11.3. The largest absolute Gasteiger partial charge is 0.497 e. The second-order valence-corrected chi connectivity index (χ2v) is 4.43. The summed E-state index contributed by atoms with van der Waals surface area (Å²) in [4.78, 5) is 11.3. The Bertz CT molecular complexity index is 443. The predicted molar refractivity (Wildman–Crippen MR) is 65.7 cm³/mol. The molecule has 1 unspecified atom stereocenters. The lowest BCUT2D eigenvalue weighted by molar-refractivity contribution is -0.139. The first kappa shape index (κ1) is 11.7. The van der Waals surface area contributed by atoms with E-state index in [2.05, 4.69) is 0 Å². The van der Waals surface area contributed by atoms with Gasteiger partial charge in [0.15, 0.2) is 0 Å². The summed E-state index contributed by atoms with van der Waals surface area (Å²) in [7, 11) is 1.63. The molecule has 1 aromatic carbocycles. The highest BCUT2D eigenvalue weighted by molar-refractivity contribution is 5.97. The van der Waals surface area contributed by atoms with Gasteiger partial charge in [0.05, 0.1) is 7.11 Å². The molecule has 0 aromatic heterocycles. The third kappa shape index (κ3) is 2.33. The molecule has 0 aliphatic carbocycles. The van der Waals surface area contributed by atoms with Crippen molar-refractivity contribution in [1.29, 1.82) is 0 Å². The molecule has 1 aliphatic rings. The number of benzene rings is 1. The molecule has 17 heavy (non-hydrogen) atoms. The van der Waals surface area contributed by atoms with Crippen LogP contribution in [0.1, 0.15) is 19.4 Å². The first-order chi connectivity index (χ1) is 8.11. The van der Waals surface area contributed by atoms with Crippen LogP contribution >= 0.6 is 0 Å². The monoisotopic (exact) mass is 232 g/mol. The van der Waals surface area contributed by atoms with Gasteiger partial charge in [0.2, 0.25) is 0 Å². The van der Waals surface area contributed by atoms with Crippen LogP contribution in [-0.4, -0.2) is 19.2 Å². The van der Waals surface area contributed by atoms with Crippen LogP contribution in [-0.2, 0) is 9.53 Å². The number of carbonyl (C=O) groups is 1. The van der Waals surface area contributed by atoms with Gasteiger partial charge in [0, 0.05) is 11.6 Å². The summed E-state index contributed by atoms with van der Waals surface area (Å²) >= 11 is 0. The van der Waals surface area contributed by atoms with Crippen molar-refractivity contribution in [2.24, 2.45) is 5.92 Å². The van der Waals surface area contributed by atoms with Crippen molar-refractivity contribution in [3.8, 4) is 5.75 Å². The number of esters is 1. The molecule has 1 heterocycles. The molecular formula is C14H16O3. The van der Waals surface area contributed by atoms with Gasteiger partial charge in [-0.25, -0.2) is 4.79 Å². The number of carbonyl (C=O) groups excluding carboxylic acids is 1. The van der Waals surface area contributed by atoms with Crippen molar-refractivity contribution in [2.45, 2.75) is 20.0 Å². The standard InChI is InChI=1S/C14H16O3/c1-9(2)14-12(8-13(15)17-14)10-4-6-11(16-3)7-5-10/h4-9,14H,1-3H3. The van der Waals surface area contributed by atoms with Gasteiger partial charge in [-0.15, -0.1) is 0 Å². The molecule has 0 bridgehead atoms. The average Bonchev–Trinajstić information content (AvgIpc) is 2.72. The van der Waals surface area contributed by atoms with Gasteiger partial charge in [-0.1, -0.05) is 26.0 Å². The van der Waals surface area contributed by atoms with Gasteiger partial charge >= 0.3 is 5.97 Å². The number of hydrogen-bond donors (Lipinski definition) is 0. The molecule has 1 aliphatic heterocycles. The molecular weight excluding hydrogens is 216 g/mol. The number of ether oxygens (including phenoxy) is 2. The Morgan fingerprint density at radius 1 is 1.24 bits per heavy atom. The number of cyclic esters (lactones) is 1. The van der Waals surface area contributed by atoms with Gasteiger partial charge in [-0.05, 0) is 23.6 Å². The fourth-order valence-corrected chi connectivity index (χ4v) is 1.96. The number of hydrogen-bond acceptors (Lipinski definition) is 3. The maximum atomic E-state index is 11.3. The van der Waals surface area contributed by atoms with Crippen LogP contribution in [0.2, 0.25) is 0 Å². The van der Waals surface area contributed by atoms with E-state index in [9.17, 15) is 4.79 Å². The van der Waals surface area contributed by atoms with Gasteiger partial charge in [0.25, 0.3) is 0 Å². The van der Waals surface area contributed by atoms with Crippen LogP contribution in [0.4, 0.5) is 0 Å². The van der Waals surface area contributed by atoms with Gasteiger partial charge in [-0.3, -0.25) is 0 Å². The summed E-state index contributed by atoms with van der Waals surface area (Å²) < 4.78 is 10.4. The van der Waals surface area contributed by atoms with Crippen molar-refractivity contribution in [1.82, 2.24) is 0 Å². The molecule has 0 spiro atoms. The Balaban J connectivity index is 2.31. The van der Waals surface area contributed by atoms with Gasteiger partial charge < -0.3 is 9.47 Å². The molecule has 1 aromatic rings. The Kier molecular flexibility index (Phi) is 3.18. The molecule has 0 saturated heterocycles. The van der Waals surface area contributed by atoms with Crippen molar-refractivity contribution in [3.63, 3.8) is 0 Å². The van der Waals surface area contributed by atoms with Crippen molar-refractivity contribution >= 4 is 11.5 Å². The fraction of sp³-hybridized carbons (Fsp3) is 0.357.